The summed E-state index contributed by atoms with van der Waals surface area (Å²) in [4.78, 5) is 38.3. The molecule has 3 N–H and O–H groups in total. The van der Waals surface area contributed by atoms with Gasteiger partial charge in [-0.2, -0.15) is 0 Å². The smallest absolute Gasteiger partial charge is 0.325 e. The minimum atomic E-state index is -0.979. The third kappa shape index (κ3) is 5.64. The summed E-state index contributed by atoms with van der Waals surface area (Å²) >= 11 is 0. The number of rotatable bonds is 10. The number of nitrogens with one attached hydrogen (secondary N) is 1. The number of nitrogens with zero attached hydrogens (tertiary/aromatic N) is 2. The lowest BCUT2D eigenvalue weighted by Gasteiger charge is -2.26. The lowest BCUT2D eigenvalue weighted by atomic mass is 9.97. The molecule has 0 aliphatic carbocycles. The Bertz CT molecular complexity index is 1020. The molecule has 174 valence electrons. The van der Waals surface area contributed by atoms with Crippen LogP contribution in [0.1, 0.15) is 37.0 Å². The van der Waals surface area contributed by atoms with Crippen molar-refractivity contribution < 1.29 is 24.7 Å². The molecule has 0 aromatic heterocycles. The number of carbonyl (C=O) groups excluding carboxylic acids is 3. The number of aliphatic hydroxyl groups excluding tert-OH is 1. The van der Waals surface area contributed by atoms with Crippen LogP contribution in [0.4, 0.5) is 4.79 Å². The molecule has 1 fully saturated rings. The maximum atomic E-state index is 12.8. The van der Waals surface area contributed by atoms with Gasteiger partial charge in [0.05, 0.1) is 5.71 Å². The summed E-state index contributed by atoms with van der Waals surface area (Å²) in [5.74, 6) is -1.31. The normalized spacial score (nSPS) is 17.4. The van der Waals surface area contributed by atoms with Crippen molar-refractivity contribution in [1.29, 1.82) is 0 Å². The first-order chi connectivity index (χ1) is 15.8. The Morgan fingerprint density at radius 2 is 1.73 bits per heavy atom. The zero-order chi connectivity index (χ0) is 24.0. The fraction of sp³-hybridized carbons (Fsp3) is 0.360. The Hall–Kier alpha value is -3.52. The van der Waals surface area contributed by atoms with Gasteiger partial charge in [0.2, 0.25) is 0 Å². The fourth-order valence-corrected chi connectivity index (χ4v) is 4.07. The van der Waals surface area contributed by atoms with Crippen molar-refractivity contribution in [2.24, 2.45) is 11.1 Å². The number of imide groups is 1. The van der Waals surface area contributed by atoms with Gasteiger partial charge in [0.15, 0.2) is 5.78 Å². The van der Waals surface area contributed by atoms with Crippen molar-refractivity contribution in [3.63, 3.8) is 0 Å². The number of ketones is 1. The van der Waals surface area contributed by atoms with Gasteiger partial charge in [-0.25, -0.2) is 4.79 Å². The quantitative estimate of drug-likeness (QED) is 0.222. The zero-order valence-electron chi connectivity index (χ0n) is 18.8. The number of amides is 3. The van der Waals surface area contributed by atoms with Crippen molar-refractivity contribution in [1.82, 2.24) is 10.2 Å². The second-order valence-corrected chi connectivity index (χ2v) is 8.47. The van der Waals surface area contributed by atoms with E-state index in [0.29, 0.717) is 25.0 Å². The third-order valence-electron chi connectivity index (χ3n) is 5.79. The Balaban J connectivity index is 1.63. The number of aliphatic hydroxyl groups is 1. The van der Waals surface area contributed by atoms with Crippen molar-refractivity contribution in [2.45, 2.75) is 45.2 Å². The molecule has 2 aromatic rings. The maximum Gasteiger partial charge on any atom is 0.325 e. The van der Waals surface area contributed by atoms with E-state index >= 15 is 0 Å². The molecule has 33 heavy (non-hydrogen) atoms. The lowest BCUT2D eigenvalue weighted by molar-refractivity contribution is -0.137. The second kappa shape index (κ2) is 10.9. The number of benzene rings is 2. The van der Waals surface area contributed by atoms with Crippen LogP contribution in [-0.2, 0) is 22.4 Å². The number of urea groups is 1. The molecule has 8 heteroatoms. The molecule has 3 amide bonds. The minimum absolute atomic E-state index is 0.302. The monoisotopic (exact) mass is 451 g/mol. The van der Waals surface area contributed by atoms with Crippen LogP contribution in [0.5, 0.6) is 0 Å². The Labute approximate surface area is 192 Å². The highest BCUT2D eigenvalue weighted by atomic mass is 16.4. The van der Waals surface area contributed by atoms with E-state index in [1.807, 2.05) is 54.6 Å². The van der Waals surface area contributed by atoms with Gasteiger partial charge >= 0.3 is 6.03 Å². The maximum absolute atomic E-state index is 12.8. The van der Waals surface area contributed by atoms with Gasteiger partial charge in [-0.15, -0.1) is 0 Å². The number of hydrogen-bond acceptors (Lipinski definition) is 6. The van der Waals surface area contributed by atoms with Crippen molar-refractivity contribution >= 4 is 23.4 Å². The van der Waals surface area contributed by atoms with Crippen LogP contribution in [-0.4, -0.2) is 57.3 Å². The Kier molecular flexibility index (Phi) is 7.95. The van der Waals surface area contributed by atoms with E-state index < -0.39 is 36.4 Å². The topological polar surface area (TPSA) is 119 Å². The van der Waals surface area contributed by atoms with Crippen molar-refractivity contribution in [3.05, 3.63) is 71.3 Å². The summed E-state index contributed by atoms with van der Waals surface area (Å²) in [6.07, 6.45) is 1.41. The predicted molar refractivity (Wildman–Crippen MR) is 123 cm³/mol. The van der Waals surface area contributed by atoms with Crippen LogP contribution in [0.3, 0.4) is 0 Å². The van der Waals surface area contributed by atoms with Crippen molar-refractivity contribution in [2.75, 3.05) is 6.61 Å². The molecule has 0 saturated carbocycles. The average Bonchev–Trinajstić information content (AvgIpc) is 3.10. The molecule has 2 aromatic carbocycles. The second-order valence-electron chi connectivity index (χ2n) is 8.47. The molecule has 1 heterocycles. The zero-order valence-corrected chi connectivity index (χ0v) is 18.8. The van der Waals surface area contributed by atoms with Gasteiger partial charge in [-0.3, -0.25) is 14.5 Å². The van der Waals surface area contributed by atoms with Gasteiger partial charge in [-0.05, 0) is 35.4 Å². The van der Waals surface area contributed by atoms with Gasteiger partial charge < -0.3 is 15.6 Å². The van der Waals surface area contributed by atoms with Crippen LogP contribution in [0.15, 0.2) is 59.8 Å². The van der Waals surface area contributed by atoms with Crippen LogP contribution in [0.25, 0.3) is 0 Å². The van der Waals surface area contributed by atoms with Crippen LogP contribution >= 0.6 is 0 Å². The van der Waals surface area contributed by atoms with Gasteiger partial charge in [0.25, 0.3) is 5.91 Å². The van der Waals surface area contributed by atoms with E-state index in [-0.39, 0.29) is 5.92 Å². The number of Topliss-reactive ketones (excluding diaryl/α,β-unsaturated/α-hetero) is 1. The molecule has 1 aliphatic rings. The highest BCUT2D eigenvalue weighted by molar-refractivity contribution is 6.08. The molecule has 2 atom stereocenters. The SMILES string of the molecule is CC(C)[C@H](C(=O)CO)N1C(=O)N[C@@H](CCc2ccc(/C(Cc3ccccc3)=N\O)cc2)C1=O. The van der Waals surface area contributed by atoms with E-state index in [1.54, 1.807) is 13.8 Å². The summed E-state index contributed by atoms with van der Waals surface area (Å²) < 4.78 is 0. The highest BCUT2D eigenvalue weighted by Gasteiger charge is 2.45. The van der Waals surface area contributed by atoms with Crippen LogP contribution < -0.4 is 5.32 Å². The molecule has 0 radical (unpaired) electrons. The number of oxime groups is 1. The molecule has 0 spiro atoms. The number of aryl methyl sites for hydroxylation is 1. The summed E-state index contributed by atoms with van der Waals surface area (Å²) in [6, 6.07) is 14.9. The molecule has 3 rings (SSSR count). The summed E-state index contributed by atoms with van der Waals surface area (Å²) in [7, 11) is 0. The lowest BCUT2D eigenvalue weighted by Crippen LogP contribution is -2.49. The Morgan fingerprint density at radius 1 is 1.06 bits per heavy atom. The average molecular weight is 452 g/mol. The summed E-state index contributed by atoms with van der Waals surface area (Å²) in [5, 5.41) is 24.8. The van der Waals surface area contributed by atoms with Crippen LogP contribution in [0.2, 0.25) is 0 Å². The van der Waals surface area contributed by atoms with E-state index in [9.17, 15) is 24.7 Å². The molecule has 1 saturated heterocycles. The van der Waals surface area contributed by atoms with E-state index in [2.05, 4.69) is 10.5 Å². The van der Waals surface area contributed by atoms with E-state index in [1.165, 1.54) is 0 Å². The van der Waals surface area contributed by atoms with E-state index in [4.69, 9.17) is 0 Å². The summed E-state index contributed by atoms with van der Waals surface area (Å²) in [6.45, 7) is 2.74. The number of hydrogen-bond donors (Lipinski definition) is 3. The van der Waals surface area contributed by atoms with Gasteiger partial charge in [-0.1, -0.05) is 73.6 Å². The molecule has 1 aliphatic heterocycles. The molecular weight excluding hydrogens is 422 g/mol. The predicted octanol–water partition coefficient (Wildman–Crippen LogP) is 2.55. The molecule has 0 unspecified atom stereocenters. The van der Waals surface area contributed by atoms with Gasteiger partial charge in [0, 0.05) is 6.42 Å². The fourth-order valence-electron chi connectivity index (χ4n) is 4.07. The van der Waals surface area contributed by atoms with E-state index in [0.717, 1.165) is 21.6 Å². The van der Waals surface area contributed by atoms with Crippen LogP contribution in [0, 0.1) is 5.92 Å². The first kappa shape index (κ1) is 24.1. The standard InChI is InChI=1S/C25H29N3O5/c1-16(2)23(22(30)15-29)28-24(31)20(26-25(28)32)13-10-17-8-11-19(12-9-17)21(27-33)14-18-6-4-3-5-7-18/h3-9,11-12,16,20,23,29,33H,10,13-15H2,1-2H3,(H,26,32)/b27-21-/t20-,23+/m0/s1. The molecular formula is C25H29N3O5. The molecule has 8 nitrogen and oxygen atoms in total. The Morgan fingerprint density at radius 3 is 2.30 bits per heavy atom. The summed E-state index contributed by atoms with van der Waals surface area (Å²) in [5.41, 5.74) is 3.34. The third-order valence-corrected chi connectivity index (χ3v) is 5.79. The largest absolute Gasteiger partial charge is 0.411 e. The first-order valence-electron chi connectivity index (χ1n) is 11.0. The highest BCUT2D eigenvalue weighted by Crippen LogP contribution is 2.21. The number of carbonyl (C=O) groups is 3. The van der Waals surface area contributed by atoms with Gasteiger partial charge in [0.1, 0.15) is 18.7 Å². The van der Waals surface area contributed by atoms with Crippen molar-refractivity contribution in [3.8, 4) is 0 Å². The first-order valence-corrected chi connectivity index (χ1v) is 11.0. The minimum Gasteiger partial charge on any atom is -0.411 e. The molecule has 0 bridgehead atoms.